The molecular formula is C14H20N2O2. The fourth-order valence-corrected chi connectivity index (χ4v) is 2.21. The third-order valence-electron chi connectivity index (χ3n) is 3.54. The van der Waals surface area contributed by atoms with Gasteiger partial charge in [-0.05, 0) is 37.5 Å². The Labute approximate surface area is 107 Å². The van der Waals surface area contributed by atoms with Crippen LogP contribution in [0.1, 0.15) is 35.7 Å². The summed E-state index contributed by atoms with van der Waals surface area (Å²) in [6.07, 6.45) is 1.27. The number of hydrogen-bond acceptors (Lipinski definition) is 3. The molecule has 1 amide bonds. The summed E-state index contributed by atoms with van der Waals surface area (Å²) in [5, 5.41) is 9.87. The number of nitrogens with zero attached hydrogens (tertiary/aromatic N) is 1. The van der Waals surface area contributed by atoms with Crippen LogP contribution in [-0.4, -0.2) is 34.6 Å². The van der Waals surface area contributed by atoms with Crippen LogP contribution in [0.4, 0.5) is 0 Å². The highest BCUT2D eigenvalue weighted by Crippen LogP contribution is 2.22. The summed E-state index contributed by atoms with van der Waals surface area (Å²) in [6.45, 7) is 3.48. The van der Waals surface area contributed by atoms with Gasteiger partial charge in [0.25, 0.3) is 5.91 Å². The largest absolute Gasteiger partial charge is 0.390 e. The van der Waals surface area contributed by atoms with Gasteiger partial charge in [-0.15, -0.1) is 0 Å². The first kappa shape index (κ1) is 13.1. The van der Waals surface area contributed by atoms with E-state index in [9.17, 15) is 9.90 Å². The van der Waals surface area contributed by atoms with E-state index >= 15 is 0 Å². The third-order valence-corrected chi connectivity index (χ3v) is 3.54. The van der Waals surface area contributed by atoms with Crippen molar-refractivity contribution in [3.05, 3.63) is 35.4 Å². The number of aliphatic hydroxyl groups is 1. The summed E-state index contributed by atoms with van der Waals surface area (Å²) >= 11 is 0. The van der Waals surface area contributed by atoms with Crippen molar-refractivity contribution >= 4 is 5.91 Å². The lowest BCUT2D eigenvalue weighted by atomic mass is 9.93. The normalized spacial score (nSPS) is 18.7. The van der Waals surface area contributed by atoms with E-state index in [0.29, 0.717) is 38.0 Å². The van der Waals surface area contributed by atoms with Gasteiger partial charge in [0, 0.05) is 25.2 Å². The molecule has 0 spiro atoms. The Hall–Kier alpha value is -1.39. The standard InChI is InChI=1S/C14H20N2O2/c1-14(18)5-7-16(8-6-14)13(17)12-4-2-3-11(9-12)10-15/h2-4,9,18H,5-8,10,15H2,1H3. The summed E-state index contributed by atoms with van der Waals surface area (Å²) in [4.78, 5) is 14.1. The molecule has 1 aliphatic heterocycles. The molecule has 4 heteroatoms. The zero-order chi connectivity index (χ0) is 13.2. The molecule has 0 aliphatic carbocycles. The fourth-order valence-electron chi connectivity index (χ4n) is 2.21. The van der Waals surface area contributed by atoms with Crippen molar-refractivity contribution in [3.8, 4) is 0 Å². The number of rotatable bonds is 2. The van der Waals surface area contributed by atoms with E-state index in [0.717, 1.165) is 5.56 Å². The Morgan fingerprint density at radius 2 is 2.11 bits per heavy atom. The molecular weight excluding hydrogens is 228 g/mol. The number of hydrogen-bond donors (Lipinski definition) is 2. The molecule has 98 valence electrons. The first-order chi connectivity index (χ1) is 8.52. The molecule has 4 nitrogen and oxygen atoms in total. The highest BCUT2D eigenvalue weighted by Gasteiger charge is 2.29. The minimum absolute atomic E-state index is 0.0285. The molecule has 1 fully saturated rings. The number of carbonyl (C=O) groups is 1. The minimum Gasteiger partial charge on any atom is -0.390 e. The molecule has 0 saturated carbocycles. The lowest BCUT2D eigenvalue weighted by Gasteiger charge is -2.35. The van der Waals surface area contributed by atoms with Crippen LogP contribution < -0.4 is 5.73 Å². The molecule has 18 heavy (non-hydrogen) atoms. The third kappa shape index (κ3) is 2.89. The second-order valence-corrected chi connectivity index (χ2v) is 5.19. The average Bonchev–Trinajstić information content (AvgIpc) is 2.38. The van der Waals surface area contributed by atoms with Crippen LogP contribution in [0, 0.1) is 0 Å². The van der Waals surface area contributed by atoms with Crippen molar-refractivity contribution in [2.75, 3.05) is 13.1 Å². The lowest BCUT2D eigenvalue weighted by Crippen LogP contribution is -2.45. The van der Waals surface area contributed by atoms with E-state index in [1.54, 1.807) is 4.90 Å². The van der Waals surface area contributed by atoms with Crippen molar-refractivity contribution in [1.29, 1.82) is 0 Å². The molecule has 0 unspecified atom stereocenters. The predicted octanol–water partition coefficient (Wildman–Crippen LogP) is 1.13. The molecule has 1 heterocycles. The van der Waals surface area contributed by atoms with E-state index in [2.05, 4.69) is 0 Å². The molecule has 0 atom stereocenters. The van der Waals surface area contributed by atoms with Gasteiger partial charge in [-0.3, -0.25) is 4.79 Å². The molecule has 1 aromatic carbocycles. The molecule has 2 rings (SSSR count). The van der Waals surface area contributed by atoms with Crippen LogP contribution in [0.15, 0.2) is 24.3 Å². The summed E-state index contributed by atoms with van der Waals surface area (Å²) in [6, 6.07) is 7.43. The van der Waals surface area contributed by atoms with Gasteiger partial charge in [0.05, 0.1) is 5.60 Å². The van der Waals surface area contributed by atoms with E-state index in [1.165, 1.54) is 0 Å². The highest BCUT2D eigenvalue weighted by molar-refractivity contribution is 5.94. The lowest BCUT2D eigenvalue weighted by molar-refractivity contribution is -0.00202. The van der Waals surface area contributed by atoms with Crippen molar-refractivity contribution < 1.29 is 9.90 Å². The predicted molar refractivity (Wildman–Crippen MR) is 70.1 cm³/mol. The SMILES string of the molecule is CC1(O)CCN(C(=O)c2cccc(CN)c2)CC1. The van der Waals surface area contributed by atoms with Crippen molar-refractivity contribution in [3.63, 3.8) is 0 Å². The summed E-state index contributed by atoms with van der Waals surface area (Å²) in [5.41, 5.74) is 6.59. The van der Waals surface area contributed by atoms with Gasteiger partial charge in [0.2, 0.25) is 0 Å². The van der Waals surface area contributed by atoms with Crippen LogP contribution in [0.5, 0.6) is 0 Å². The highest BCUT2D eigenvalue weighted by atomic mass is 16.3. The number of amides is 1. The van der Waals surface area contributed by atoms with Gasteiger partial charge in [-0.25, -0.2) is 0 Å². The van der Waals surface area contributed by atoms with Crippen molar-refractivity contribution in [2.45, 2.75) is 31.9 Å². The number of likely N-dealkylation sites (tertiary alicyclic amines) is 1. The average molecular weight is 248 g/mol. The Morgan fingerprint density at radius 1 is 1.44 bits per heavy atom. The van der Waals surface area contributed by atoms with Crippen LogP contribution in [0.3, 0.4) is 0 Å². The van der Waals surface area contributed by atoms with Crippen molar-refractivity contribution in [2.24, 2.45) is 5.73 Å². The molecule has 3 N–H and O–H groups in total. The quantitative estimate of drug-likeness (QED) is 0.824. The van der Waals surface area contributed by atoms with E-state index < -0.39 is 5.60 Å². The van der Waals surface area contributed by atoms with Gasteiger partial charge in [-0.1, -0.05) is 12.1 Å². The van der Waals surface area contributed by atoms with Crippen LogP contribution in [0.2, 0.25) is 0 Å². The van der Waals surface area contributed by atoms with Crippen LogP contribution >= 0.6 is 0 Å². The monoisotopic (exact) mass is 248 g/mol. The maximum Gasteiger partial charge on any atom is 0.253 e. The van der Waals surface area contributed by atoms with Gasteiger partial charge in [0.1, 0.15) is 0 Å². The van der Waals surface area contributed by atoms with Gasteiger partial charge in [-0.2, -0.15) is 0 Å². The van der Waals surface area contributed by atoms with E-state index in [-0.39, 0.29) is 5.91 Å². The molecule has 1 aliphatic rings. The molecule has 0 radical (unpaired) electrons. The second kappa shape index (κ2) is 5.08. The maximum absolute atomic E-state index is 12.3. The Balaban J connectivity index is 2.07. The molecule has 1 saturated heterocycles. The summed E-state index contributed by atoms with van der Waals surface area (Å²) in [5.74, 6) is 0.0285. The van der Waals surface area contributed by atoms with Crippen LogP contribution in [-0.2, 0) is 6.54 Å². The fraction of sp³-hybridized carbons (Fsp3) is 0.500. The zero-order valence-electron chi connectivity index (χ0n) is 10.7. The topological polar surface area (TPSA) is 66.6 Å². The van der Waals surface area contributed by atoms with Gasteiger partial charge in [0.15, 0.2) is 0 Å². The van der Waals surface area contributed by atoms with E-state index in [4.69, 9.17) is 5.73 Å². The number of piperidine rings is 1. The maximum atomic E-state index is 12.3. The van der Waals surface area contributed by atoms with Crippen LogP contribution in [0.25, 0.3) is 0 Å². The zero-order valence-corrected chi connectivity index (χ0v) is 10.7. The Morgan fingerprint density at radius 3 is 2.72 bits per heavy atom. The molecule has 0 bridgehead atoms. The number of benzene rings is 1. The smallest absolute Gasteiger partial charge is 0.253 e. The summed E-state index contributed by atoms with van der Waals surface area (Å²) in [7, 11) is 0. The second-order valence-electron chi connectivity index (χ2n) is 5.19. The Bertz CT molecular complexity index is 433. The number of carbonyl (C=O) groups excluding carboxylic acids is 1. The summed E-state index contributed by atoms with van der Waals surface area (Å²) < 4.78 is 0. The number of nitrogens with two attached hydrogens (primary N) is 1. The molecule has 0 aromatic heterocycles. The van der Waals surface area contributed by atoms with Gasteiger partial charge < -0.3 is 15.7 Å². The Kier molecular flexibility index (Phi) is 3.68. The van der Waals surface area contributed by atoms with Gasteiger partial charge >= 0.3 is 0 Å². The van der Waals surface area contributed by atoms with Crippen molar-refractivity contribution in [1.82, 2.24) is 4.90 Å². The minimum atomic E-state index is -0.629. The first-order valence-electron chi connectivity index (χ1n) is 6.32. The molecule has 1 aromatic rings. The first-order valence-corrected chi connectivity index (χ1v) is 6.32. The van der Waals surface area contributed by atoms with E-state index in [1.807, 2.05) is 31.2 Å².